The molecule has 0 aliphatic carbocycles. The number of carbonyl (C=O) groups is 1. The van der Waals surface area contributed by atoms with Crippen LogP contribution < -0.4 is 5.43 Å². The molecule has 0 atom stereocenters. The predicted octanol–water partition coefficient (Wildman–Crippen LogP) is 4.31. The standard InChI is InChI=1S/C18H16BrN3OS/c1-12(13-6-4-7-15(19)9-13)21-22-17(23)11-24-18-10-14-5-2-3-8-16(14)20-18/h2-9H,10-11H2,1H3,(H,22,23)/b21-12+. The highest BCUT2D eigenvalue weighted by atomic mass is 79.9. The molecule has 1 amide bonds. The van der Waals surface area contributed by atoms with E-state index in [1.165, 1.54) is 17.3 Å². The third kappa shape index (κ3) is 4.33. The average molecular weight is 402 g/mol. The van der Waals surface area contributed by atoms with Gasteiger partial charge in [-0.05, 0) is 36.2 Å². The number of para-hydroxylation sites is 1. The summed E-state index contributed by atoms with van der Waals surface area (Å²) < 4.78 is 0.982. The second-order valence-corrected chi connectivity index (χ2v) is 7.31. The molecule has 3 rings (SSSR count). The summed E-state index contributed by atoms with van der Waals surface area (Å²) in [7, 11) is 0. The Hall–Kier alpha value is -1.92. The summed E-state index contributed by atoms with van der Waals surface area (Å²) in [5.74, 6) is 0.176. The minimum absolute atomic E-state index is 0.131. The third-order valence-electron chi connectivity index (χ3n) is 3.54. The quantitative estimate of drug-likeness (QED) is 0.612. The Labute approximate surface area is 153 Å². The molecule has 0 saturated carbocycles. The molecule has 0 aromatic heterocycles. The first-order valence-corrected chi connectivity index (χ1v) is 9.27. The smallest absolute Gasteiger partial charge is 0.250 e. The number of hydrogen-bond donors (Lipinski definition) is 1. The summed E-state index contributed by atoms with van der Waals surface area (Å²) in [6.07, 6.45) is 0.800. The van der Waals surface area contributed by atoms with Crippen molar-refractivity contribution in [3.05, 3.63) is 64.1 Å². The van der Waals surface area contributed by atoms with Crippen LogP contribution in [-0.2, 0) is 11.2 Å². The number of amides is 1. The van der Waals surface area contributed by atoms with Crippen LogP contribution in [0.3, 0.4) is 0 Å². The van der Waals surface area contributed by atoms with Gasteiger partial charge >= 0.3 is 0 Å². The van der Waals surface area contributed by atoms with E-state index in [-0.39, 0.29) is 5.91 Å². The summed E-state index contributed by atoms with van der Waals surface area (Å²) in [4.78, 5) is 16.5. The number of benzene rings is 2. The fraction of sp³-hybridized carbons (Fsp3) is 0.167. The molecular formula is C18H16BrN3OS. The number of hydrogen-bond acceptors (Lipinski definition) is 4. The van der Waals surface area contributed by atoms with Gasteiger partial charge in [-0.25, -0.2) is 10.4 Å². The van der Waals surface area contributed by atoms with Gasteiger partial charge in [0.15, 0.2) is 0 Å². The van der Waals surface area contributed by atoms with E-state index in [1.807, 2.05) is 49.4 Å². The lowest BCUT2D eigenvalue weighted by atomic mass is 10.1. The molecule has 2 aromatic carbocycles. The lowest BCUT2D eigenvalue weighted by Gasteiger charge is -2.03. The number of fused-ring (bicyclic) bond motifs is 1. The lowest BCUT2D eigenvalue weighted by molar-refractivity contribution is -0.118. The number of hydrazone groups is 1. The number of carbonyl (C=O) groups excluding carboxylic acids is 1. The van der Waals surface area contributed by atoms with Crippen molar-refractivity contribution in [1.29, 1.82) is 0 Å². The molecule has 122 valence electrons. The SMILES string of the molecule is C/C(=N\NC(=O)CSC1=Nc2ccccc2C1)c1cccc(Br)c1. The zero-order valence-corrected chi connectivity index (χ0v) is 15.5. The van der Waals surface area contributed by atoms with Crippen LogP contribution in [0.5, 0.6) is 0 Å². The van der Waals surface area contributed by atoms with Crippen molar-refractivity contribution in [2.45, 2.75) is 13.3 Å². The number of nitrogens with zero attached hydrogens (tertiary/aromatic N) is 2. The van der Waals surface area contributed by atoms with Crippen LogP contribution in [0.25, 0.3) is 0 Å². The van der Waals surface area contributed by atoms with Crippen molar-refractivity contribution in [3.8, 4) is 0 Å². The van der Waals surface area contributed by atoms with Crippen LogP contribution in [0, 0.1) is 0 Å². The Kier molecular flexibility index (Phi) is 5.48. The van der Waals surface area contributed by atoms with E-state index in [0.29, 0.717) is 5.75 Å². The molecule has 1 aliphatic rings. The highest BCUT2D eigenvalue weighted by Crippen LogP contribution is 2.29. The van der Waals surface area contributed by atoms with Crippen molar-refractivity contribution in [1.82, 2.24) is 5.43 Å². The molecule has 1 heterocycles. The van der Waals surface area contributed by atoms with Gasteiger partial charge in [0.05, 0.1) is 22.2 Å². The fourth-order valence-electron chi connectivity index (χ4n) is 2.29. The van der Waals surface area contributed by atoms with Crippen molar-refractivity contribution in [2.75, 3.05) is 5.75 Å². The number of rotatable bonds is 4. The fourth-order valence-corrected chi connectivity index (χ4v) is 3.48. The molecule has 0 saturated heterocycles. The zero-order valence-electron chi connectivity index (χ0n) is 13.1. The maximum atomic E-state index is 12.0. The van der Waals surface area contributed by atoms with E-state index in [9.17, 15) is 4.79 Å². The topological polar surface area (TPSA) is 53.8 Å². The number of thioether (sulfide) groups is 1. The van der Waals surface area contributed by atoms with Crippen LogP contribution in [0.4, 0.5) is 5.69 Å². The Morgan fingerprint density at radius 1 is 1.29 bits per heavy atom. The normalized spacial score (nSPS) is 13.4. The van der Waals surface area contributed by atoms with Crippen LogP contribution in [0.15, 0.2) is 63.1 Å². The number of aliphatic imine (C=N–C) groups is 1. The van der Waals surface area contributed by atoms with Gasteiger partial charge in [0.25, 0.3) is 0 Å². The summed E-state index contributed by atoms with van der Waals surface area (Å²) in [6.45, 7) is 1.87. The predicted molar refractivity (Wildman–Crippen MR) is 104 cm³/mol. The van der Waals surface area contributed by atoms with E-state index in [4.69, 9.17) is 0 Å². The summed E-state index contributed by atoms with van der Waals surface area (Å²) in [5.41, 5.74) is 6.55. The van der Waals surface area contributed by atoms with Crippen molar-refractivity contribution in [2.24, 2.45) is 10.1 Å². The molecule has 0 spiro atoms. The monoisotopic (exact) mass is 401 g/mol. The molecule has 1 N–H and O–H groups in total. The number of halogens is 1. The van der Waals surface area contributed by atoms with Crippen LogP contribution in [0.2, 0.25) is 0 Å². The highest BCUT2D eigenvalue weighted by molar-refractivity contribution is 9.10. The minimum atomic E-state index is -0.131. The molecule has 1 aliphatic heterocycles. The molecule has 4 nitrogen and oxygen atoms in total. The van der Waals surface area contributed by atoms with Crippen LogP contribution in [0.1, 0.15) is 18.1 Å². The van der Waals surface area contributed by atoms with Crippen LogP contribution in [-0.4, -0.2) is 22.4 Å². The highest BCUT2D eigenvalue weighted by Gasteiger charge is 2.15. The first-order chi connectivity index (χ1) is 11.6. The van der Waals surface area contributed by atoms with Gasteiger partial charge in [-0.1, -0.05) is 46.3 Å². The summed E-state index contributed by atoms with van der Waals surface area (Å²) in [6, 6.07) is 15.8. The third-order valence-corrected chi connectivity index (χ3v) is 5.01. The van der Waals surface area contributed by atoms with E-state index in [2.05, 4.69) is 37.5 Å². The van der Waals surface area contributed by atoms with E-state index in [0.717, 1.165) is 32.9 Å². The molecule has 0 unspecified atom stereocenters. The van der Waals surface area contributed by atoms with E-state index in [1.54, 1.807) is 0 Å². The minimum Gasteiger partial charge on any atom is -0.272 e. The summed E-state index contributed by atoms with van der Waals surface area (Å²) >= 11 is 4.89. The van der Waals surface area contributed by atoms with Gasteiger partial charge in [0.2, 0.25) is 5.91 Å². The molecule has 2 aromatic rings. The first kappa shape index (κ1) is 16.9. The second kappa shape index (κ2) is 7.77. The first-order valence-electron chi connectivity index (χ1n) is 7.49. The van der Waals surface area contributed by atoms with Crippen LogP contribution >= 0.6 is 27.7 Å². The van der Waals surface area contributed by atoms with E-state index >= 15 is 0 Å². The van der Waals surface area contributed by atoms with Gasteiger partial charge in [0, 0.05) is 10.9 Å². The maximum Gasteiger partial charge on any atom is 0.250 e. The Balaban J connectivity index is 1.51. The molecule has 24 heavy (non-hydrogen) atoms. The number of nitrogens with one attached hydrogen (secondary N) is 1. The Morgan fingerprint density at radius 2 is 2.12 bits per heavy atom. The molecular weight excluding hydrogens is 386 g/mol. The van der Waals surface area contributed by atoms with Crippen molar-refractivity contribution in [3.63, 3.8) is 0 Å². The largest absolute Gasteiger partial charge is 0.272 e. The van der Waals surface area contributed by atoms with Gasteiger partial charge in [-0.3, -0.25) is 4.79 Å². The van der Waals surface area contributed by atoms with Gasteiger partial charge in [0.1, 0.15) is 0 Å². The molecule has 0 radical (unpaired) electrons. The van der Waals surface area contributed by atoms with Gasteiger partial charge in [-0.2, -0.15) is 5.10 Å². The Bertz CT molecular complexity index is 833. The average Bonchev–Trinajstić information content (AvgIpc) is 3.00. The van der Waals surface area contributed by atoms with E-state index < -0.39 is 0 Å². The van der Waals surface area contributed by atoms with Crippen molar-refractivity contribution >= 4 is 50.0 Å². The zero-order chi connectivity index (χ0) is 16.9. The maximum absolute atomic E-state index is 12.0. The van der Waals surface area contributed by atoms with Crippen molar-refractivity contribution < 1.29 is 4.79 Å². The lowest BCUT2D eigenvalue weighted by Crippen LogP contribution is -2.22. The molecule has 0 fully saturated rings. The summed E-state index contributed by atoms with van der Waals surface area (Å²) in [5, 5.41) is 5.13. The molecule has 0 bridgehead atoms. The second-order valence-electron chi connectivity index (χ2n) is 5.34. The molecule has 6 heteroatoms. The van der Waals surface area contributed by atoms with Gasteiger partial charge < -0.3 is 0 Å². The Morgan fingerprint density at radius 3 is 2.92 bits per heavy atom. The van der Waals surface area contributed by atoms with Gasteiger partial charge in [-0.15, -0.1) is 11.8 Å².